The predicted molar refractivity (Wildman–Crippen MR) is 142 cm³/mol. The fraction of sp³-hybridized carbons (Fsp3) is 0.594. The van der Waals surface area contributed by atoms with Crippen LogP contribution in [0.15, 0.2) is 60.0 Å². The Balaban J connectivity index is 1.16. The zero-order valence-electron chi connectivity index (χ0n) is 21.5. The molecule has 2 unspecified atom stereocenters. The van der Waals surface area contributed by atoms with E-state index < -0.39 is 0 Å². The van der Waals surface area contributed by atoms with Gasteiger partial charge in [0.1, 0.15) is 0 Å². The van der Waals surface area contributed by atoms with Gasteiger partial charge in [-0.15, -0.1) is 0 Å². The second-order valence-corrected chi connectivity index (χ2v) is 12.3. The SMILES string of the molecule is C[C@H]1CCC(c2ccc3ccncc3c2)CC/C=C2/C=C3CCC(N(C)C4CC4)C[C@]34CC[C@@]21O4. The largest absolute Gasteiger partial charge is 0.359 e. The number of ether oxygens (including phenoxy) is 1. The molecule has 35 heavy (non-hydrogen) atoms. The van der Waals surface area contributed by atoms with E-state index in [9.17, 15) is 0 Å². The van der Waals surface area contributed by atoms with Gasteiger partial charge >= 0.3 is 0 Å². The molecule has 1 aromatic carbocycles. The van der Waals surface area contributed by atoms with Crippen LogP contribution in [0, 0.1) is 5.92 Å². The lowest BCUT2D eigenvalue weighted by Crippen LogP contribution is -2.51. The fourth-order valence-corrected chi connectivity index (χ4v) is 8.04. The Morgan fingerprint density at radius 1 is 0.971 bits per heavy atom. The highest BCUT2D eigenvalue weighted by atomic mass is 16.5. The molecule has 3 nitrogen and oxygen atoms in total. The van der Waals surface area contributed by atoms with Crippen molar-refractivity contribution >= 4 is 10.8 Å². The van der Waals surface area contributed by atoms with Gasteiger partial charge in [0, 0.05) is 29.9 Å². The van der Waals surface area contributed by atoms with Crippen molar-refractivity contribution in [1.29, 1.82) is 0 Å². The van der Waals surface area contributed by atoms with E-state index in [1.165, 1.54) is 86.1 Å². The van der Waals surface area contributed by atoms with Gasteiger partial charge in [-0.3, -0.25) is 4.98 Å². The number of benzene rings is 1. The predicted octanol–water partition coefficient (Wildman–Crippen LogP) is 7.33. The summed E-state index contributed by atoms with van der Waals surface area (Å²) in [6.07, 6.45) is 22.9. The quantitative estimate of drug-likeness (QED) is 0.471. The first-order valence-electron chi connectivity index (χ1n) is 14.2. The molecule has 1 aromatic heterocycles. The molecule has 2 saturated carbocycles. The van der Waals surface area contributed by atoms with Crippen LogP contribution in [0.2, 0.25) is 0 Å². The highest BCUT2D eigenvalue weighted by Crippen LogP contribution is 2.59. The van der Waals surface area contributed by atoms with E-state index >= 15 is 0 Å². The summed E-state index contributed by atoms with van der Waals surface area (Å²) < 4.78 is 7.39. The van der Waals surface area contributed by atoms with Crippen molar-refractivity contribution in [2.75, 3.05) is 7.05 Å². The van der Waals surface area contributed by atoms with E-state index in [0.717, 1.165) is 12.5 Å². The van der Waals surface area contributed by atoms with Gasteiger partial charge in [0.2, 0.25) is 0 Å². The summed E-state index contributed by atoms with van der Waals surface area (Å²) in [5, 5.41) is 2.56. The van der Waals surface area contributed by atoms with Crippen molar-refractivity contribution in [2.24, 2.45) is 5.92 Å². The summed E-state index contributed by atoms with van der Waals surface area (Å²) in [6.45, 7) is 2.48. The van der Waals surface area contributed by atoms with Gasteiger partial charge in [-0.2, -0.15) is 0 Å². The standard InChI is InChI=1S/C32H40N2O/c1-22-6-7-23(25-9-8-24-14-17-33-21-26(24)18-25)4-3-5-28-19-27-10-11-30(34(2)29-12-13-29)20-31(27)15-16-32(22,28)35-31/h5,8-9,14,17-19,21-23,29-30H,3-4,6-7,10-13,15-16,20H2,1-2H3/b28-5-/t22-,23?,30?,31+,32-/m0/s1. The summed E-state index contributed by atoms with van der Waals surface area (Å²) >= 11 is 0. The fourth-order valence-electron chi connectivity index (χ4n) is 8.04. The normalized spacial score (nSPS) is 38.5. The van der Waals surface area contributed by atoms with E-state index in [1.54, 1.807) is 5.57 Å². The van der Waals surface area contributed by atoms with Crippen LogP contribution in [-0.2, 0) is 4.74 Å². The van der Waals surface area contributed by atoms with E-state index in [0.29, 0.717) is 17.9 Å². The number of allylic oxidation sites excluding steroid dienone is 1. The summed E-state index contributed by atoms with van der Waals surface area (Å²) in [5.41, 5.74) is 4.57. The number of hydrogen-bond donors (Lipinski definition) is 0. The molecule has 2 aliphatic heterocycles. The van der Waals surface area contributed by atoms with E-state index in [2.05, 4.69) is 60.3 Å². The van der Waals surface area contributed by atoms with Gasteiger partial charge in [-0.05, 0) is 124 Å². The van der Waals surface area contributed by atoms with E-state index in [4.69, 9.17) is 4.74 Å². The lowest BCUT2D eigenvalue weighted by Gasteiger charge is -2.49. The summed E-state index contributed by atoms with van der Waals surface area (Å²) in [5.74, 6) is 1.16. The maximum Gasteiger partial charge on any atom is 0.0966 e. The molecule has 3 fully saturated rings. The van der Waals surface area contributed by atoms with Crippen LogP contribution in [0.3, 0.4) is 0 Å². The third kappa shape index (κ3) is 3.64. The van der Waals surface area contributed by atoms with Crippen molar-refractivity contribution in [3.8, 4) is 0 Å². The summed E-state index contributed by atoms with van der Waals surface area (Å²) in [4.78, 5) is 7.06. The molecule has 0 N–H and O–H groups in total. The van der Waals surface area contributed by atoms with Gasteiger partial charge in [-0.25, -0.2) is 0 Å². The minimum Gasteiger partial charge on any atom is -0.359 e. The Morgan fingerprint density at radius 2 is 1.89 bits per heavy atom. The maximum atomic E-state index is 7.39. The molecule has 3 heterocycles. The van der Waals surface area contributed by atoms with Crippen molar-refractivity contribution in [1.82, 2.24) is 9.88 Å². The zero-order chi connectivity index (χ0) is 23.6. The highest BCUT2D eigenvalue weighted by molar-refractivity contribution is 5.82. The Hall–Kier alpha value is -1.97. The molecule has 7 rings (SSSR count). The molecule has 2 bridgehead atoms. The van der Waals surface area contributed by atoms with Crippen molar-refractivity contribution in [3.63, 3.8) is 0 Å². The second kappa shape index (κ2) is 8.28. The molecule has 0 amide bonds. The number of fused-ring (bicyclic) bond motifs is 1. The lowest BCUT2D eigenvalue weighted by molar-refractivity contribution is -0.116. The Labute approximate surface area is 210 Å². The monoisotopic (exact) mass is 468 g/mol. The first-order valence-corrected chi connectivity index (χ1v) is 14.2. The molecule has 0 radical (unpaired) electrons. The number of rotatable bonds is 3. The Kier molecular flexibility index (Phi) is 5.26. The maximum absolute atomic E-state index is 7.39. The van der Waals surface area contributed by atoms with Crippen molar-refractivity contribution in [3.05, 3.63) is 65.5 Å². The van der Waals surface area contributed by atoms with Crippen LogP contribution in [0.5, 0.6) is 0 Å². The van der Waals surface area contributed by atoms with Crippen LogP contribution in [0.25, 0.3) is 10.8 Å². The van der Waals surface area contributed by atoms with E-state index in [-0.39, 0.29) is 11.2 Å². The van der Waals surface area contributed by atoms with Crippen LogP contribution < -0.4 is 0 Å². The summed E-state index contributed by atoms with van der Waals surface area (Å²) in [7, 11) is 2.37. The molecule has 2 spiro atoms. The first kappa shape index (κ1) is 22.2. The molecular weight excluding hydrogens is 428 g/mol. The minimum absolute atomic E-state index is 0.0104. The average molecular weight is 469 g/mol. The van der Waals surface area contributed by atoms with Crippen LogP contribution in [0.1, 0.15) is 89.0 Å². The molecule has 3 heteroatoms. The van der Waals surface area contributed by atoms with E-state index in [1.807, 2.05) is 12.4 Å². The molecule has 2 aromatic rings. The molecule has 5 aliphatic rings. The number of hydrogen-bond acceptors (Lipinski definition) is 3. The Morgan fingerprint density at radius 3 is 2.77 bits per heavy atom. The van der Waals surface area contributed by atoms with Gasteiger partial charge in [0.15, 0.2) is 0 Å². The number of nitrogens with zero attached hydrogens (tertiary/aromatic N) is 2. The van der Waals surface area contributed by atoms with Crippen molar-refractivity contribution in [2.45, 2.75) is 107 Å². The van der Waals surface area contributed by atoms with Crippen LogP contribution in [0.4, 0.5) is 0 Å². The third-order valence-corrected chi connectivity index (χ3v) is 10.5. The lowest BCUT2D eigenvalue weighted by atomic mass is 9.74. The van der Waals surface area contributed by atoms with Crippen LogP contribution >= 0.6 is 0 Å². The highest BCUT2D eigenvalue weighted by Gasteiger charge is 2.59. The van der Waals surface area contributed by atoms with Crippen molar-refractivity contribution < 1.29 is 4.74 Å². The topological polar surface area (TPSA) is 25.4 Å². The first-order chi connectivity index (χ1) is 17.1. The zero-order valence-corrected chi connectivity index (χ0v) is 21.5. The minimum atomic E-state index is -0.0638. The van der Waals surface area contributed by atoms with Gasteiger partial charge < -0.3 is 9.64 Å². The molecular formula is C32H40N2O. The van der Waals surface area contributed by atoms with Gasteiger partial charge in [-0.1, -0.05) is 31.2 Å². The third-order valence-electron chi connectivity index (χ3n) is 10.5. The average Bonchev–Trinajstić information content (AvgIpc) is 3.68. The van der Waals surface area contributed by atoms with Gasteiger partial charge in [0.05, 0.1) is 11.2 Å². The number of pyridine rings is 1. The van der Waals surface area contributed by atoms with Gasteiger partial charge in [0.25, 0.3) is 0 Å². The number of aromatic nitrogens is 1. The molecule has 3 aliphatic carbocycles. The Bertz CT molecular complexity index is 1200. The van der Waals surface area contributed by atoms with Crippen LogP contribution in [-0.4, -0.2) is 40.2 Å². The molecule has 5 atom stereocenters. The molecule has 1 saturated heterocycles. The second-order valence-electron chi connectivity index (χ2n) is 12.3. The summed E-state index contributed by atoms with van der Waals surface area (Å²) in [6, 6.07) is 10.7. The smallest absolute Gasteiger partial charge is 0.0966 e. The molecule has 184 valence electrons.